The van der Waals surface area contributed by atoms with Gasteiger partial charge < -0.3 is 4.57 Å². The summed E-state index contributed by atoms with van der Waals surface area (Å²) >= 11 is 1.63. The minimum atomic E-state index is 0.168. The highest BCUT2D eigenvalue weighted by Gasteiger charge is 2.11. The Labute approximate surface area is 109 Å². The van der Waals surface area contributed by atoms with Crippen LogP contribution in [0.4, 0.5) is 0 Å². The average molecular weight is 257 g/mol. The molecule has 2 rings (SSSR count). The fourth-order valence-electron chi connectivity index (χ4n) is 1.63. The van der Waals surface area contributed by atoms with Gasteiger partial charge in [0.25, 0.3) is 0 Å². The highest BCUT2D eigenvalue weighted by molar-refractivity contribution is 7.09. The van der Waals surface area contributed by atoms with E-state index >= 15 is 0 Å². The summed E-state index contributed by atoms with van der Waals surface area (Å²) in [6.07, 6.45) is 3.55. The smallest absolute Gasteiger partial charge is 0.176 e. The molecule has 0 aromatic carbocycles. The second-order valence-corrected chi connectivity index (χ2v) is 4.72. The van der Waals surface area contributed by atoms with E-state index < -0.39 is 0 Å². The first-order valence-electron chi connectivity index (χ1n) is 5.57. The molecule has 0 spiro atoms. The van der Waals surface area contributed by atoms with Crippen molar-refractivity contribution in [3.8, 4) is 12.1 Å². The van der Waals surface area contributed by atoms with Crippen molar-refractivity contribution in [2.24, 2.45) is 0 Å². The molecule has 0 amide bonds. The lowest BCUT2D eigenvalue weighted by molar-refractivity contribution is 0.761. The summed E-state index contributed by atoms with van der Waals surface area (Å²) in [5.74, 6) is 0. The number of nitrogens with zero attached hydrogens (tertiary/aromatic N) is 5. The summed E-state index contributed by atoms with van der Waals surface area (Å²) in [7, 11) is 0. The van der Waals surface area contributed by atoms with Crippen LogP contribution in [-0.4, -0.2) is 14.5 Å². The zero-order valence-corrected chi connectivity index (χ0v) is 10.7. The van der Waals surface area contributed by atoms with E-state index in [0.29, 0.717) is 12.2 Å². The van der Waals surface area contributed by atoms with Gasteiger partial charge >= 0.3 is 0 Å². The molecule has 0 aliphatic heterocycles. The zero-order valence-electron chi connectivity index (χ0n) is 9.92. The van der Waals surface area contributed by atoms with Crippen molar-refractivity contribution in [1.29, 1.82) is 10.5 Å². The van der Waals surface area contributed by atoms with Crippen LogP contribution < -0.4 is 0 Å². The van der Waals surface area contributed by atoms with Gasteiger partial charge in [-0.2, -0.15) is 10.5 Å². The standard InChI is InChI=1S/C12H11N5S/c1-2-3-12-16-9(7-18-12)6-17-8-15-10(4-13)11(17)5-14/h7-8H,2-3,6H2,1H3. The molecule has 0 bridgehead atoms. The van der Waals surface area contributed by atoms with Crippen molar-refractivity contribution in [2.45, 2.75) is 26.3 Å². The van der Waals surface area contributed by atoms with Gasteiger partial charge in [0.05, 0.1) is 23.6 Å². The monoisotopic (exact) mass is 257 g/mol. The second kappa shape index (κ2) is 5.44. The van der Waals surface area contributed by atoms with E-state index in [1.54, 1.807) is 15.9 Å². The molecule has 2 aromatic heterocycles. The van der Waals surface area contributed by atoms with Crippen LogP contribution in [0, 0.1) is 22.7 Å². The lowest BCUT2D eigenvalue weighted by Gasteiger charge is -1.99. The highest BCUT2D eigenvalue weighted by atomic mass is 32.1. The van der Waals surface area contributed by atoms with E-state index in [0.717, 1.165) is 23.5 Å². The highest BCUT2D eigenvalue weighted by Crippen LogP contribution is 2.14. The Morgan fingerprint density at radius 2 is 2.22 bits per heavy atom. The Balaban J connectivity index is 2.21. The fourth-order valence-corrected chi connectivity index (χ4v) is 2.52. The topological polar surface area (TPSA) is 78.3 Å². The maximum atomic E-state index is 9.01. The molecule has 0 fully saturated rings. The van der Waals surface area contributed by atoms with Gasteiger partial charge in [-0.3, -0.25) is 0 Å². The molecule has 0 aliphatic rings. The summed E-state index contributed by atoms with van der Waals surface area (Å²) in [6.45, 7) is 2.60. The Bertz CT molecular complexity index is 626. The minimum absolute atomic E-state index is 0.168. The molecule has 18 heavy (non-hydrogen) atoms. The van der Waals surface area contributed by atoms with Crippen LogP contribution in [-0.2, 0) is 13.0 Å². The van der Waals surface area contributed by atoms with Crippen molar-refractivity contribution in [3.63, 3.8) is 0 Å². The van der Waals surface area contributed by atoms with Crippen LogP contribution in [0.1, 0.15) is 35.4 Å². The van der Waals surface area contributed by atoms with Gasteiger partial charge in [0.15, 0.2) is 11.4 Å². The number of rotatable bonds is 4. The van der Waals surface area contributed by atoms with Gasteiger partial charge in [-0.1, -0.05) is 6.92 Å². The molecule has 0 saturated carbocycles. The Hall–Kier alpha value is -2.18. The van der Waals surface area contributed by atoms with Crippen molar-refractivity contribution in [3.05, 3.63) is 33.8 Å². The van der Waals surface area contributed by atoms with Gasteiger partial charge in [0.1, 0.15) is 12.1 Å². The maximum Gasteiger partial charge on any atom is 0.176 e. The SMILES string of the molecule is CCCc1nc(Cn2cnc(C#N)c2C#N)cs1. The molecule has 0 N–H and O–H groups in total. The van der Waals surface area contributed by atoms with E-state index in [1.165, 1.54) is 6.33 Å². The number of aromatic nitrogens is 3. The third kappa shape index (κ3) is 2.39. The second-order valence-electron chi connectivity index (χ2n) is 3.78. The Kier molecular flexibility index (Phi) is 3.71. The van der Waals surface area contributed by atoms with E-state index in [9.17, 15) is 0 Å². The third-order valence-corrected chi connectivity index (χ3v) is 3.40. The molecule has 2 aromatic rings. The molecule has 0 saturated heterocycles. The zero-order chi connectivity index (χ0) is 13.0. The quantitative estimate of drug-likeness (QED) is 0.840. The number of aryl methyl sites for hydroxylation is 1. The fraction of sp³-hybridized carbons (Fsp3) is 0.333. The van der Waals surface area contributed by atoms with Gasteiger partial charge in [-0.15, -0.1) is 11.3 Å². The van der Waals surface area contributed by atoms with Gasteiger partial charge in [0.2, 0.25) is 0 Å². The Morgan fingerprint density at radius 1 is 1.39 bits per heavy atom. The molecule has 2 heterocycles. The first-order chi connectivity index (χ1) is 8.78. The lowest BCUT2D eigenvalue weighted by Crippen LogP contribution is -2.02. The molecular weight excluding hydrogens is 246 g/mol. The van der Waals surface area contributed by atoms with Gasteiger partial charge in [0, 0.05) is 5.38 Å². The average Bonchev–Trinajstić information content (AvgIpc) is 2.97. The van der Waals surface area contributed by atoms with Crippen molar-refractivity contribution in [2.75, 3.05) is 0 Å². The molecule has 0 radical (unpaired) electrons. The largest absolute Gasteiger partial charge is 0.315 e. The van der Waals surface area contributed by atoms with Crippen LogP contribution in [0.2, 0.25) is 0 Å². The van der Waals surface area contributed by atoms with Crippen LogP contribution in [0.25, 0.3) is 0 Å². The van der Waals surface area contributed by atoms with Crippen molar-refractivity contribution in [1.82, 2.24) is 14.5 Å². The van der Waals surface area contributed by atoms with Gasteiger partial charge in [-0.25, -0.2) is 9.97 Å². The third-order valence-electron chi connectivity index (χ3n) is 2.45. The number of imidazole rings is 1. The lowest BCUT2D eigenvalue weighted by atomic mass is 10.3. The first kappa shape index (κ1) is 12.3. The Morgan fingerprint density at radius 3 is 2.89 bits per heavy atom. The first-order valence-corrected chi connectivity index (χ1v) is 6.45. The van der Waals surface area contributed by atoms with Crippen molar-refractivity contribution < 1.29 is 0 Å². The summed E-state index contributed by atoms with van der Waals surface area (Å²) in [5.41, 5.74) is 1.37. The summed E-state index contributed by atoms with van der Waals surface area (Å²) in [4.78, 5) is 8.38. The summed E-state index contributed by atoms with van der Waals surface area (Å²) < 4.78 is 1.66. The number of hydrogen-bond donors (Lipinski definition) is 0. The summed E-state index contributed by atoms with van der Waals surface area (Å²) in [6, 6.07) is 3.91. The number of thiazole rings is 1. The van der Waals surface area contributed by atoms with E-state index in [2.05, 4.69) is 16.9 Å². The normalized spacial score (nSPS) is 9.94. The molecule has 0 atom stereocenters. The summed E-state index contributed by atoms with van der Waals surface area (Å²) in [5, 5.41) is 20.9. The molecule has 0 aliphatic carbocycles. The van der Waals surface area contributed by atoms with Crippen LogP contribution in [0.15, 0.2) is 11.7 Å². The van der Waals surface area contributed by atoms with Crippen LogP contribution >= 0.6 is 11.3 Å². The molecule has 5 nitrogen and oxygen atoms in total. The van der Waals surface area contributed by atoms with Crippen LogP contribution in [0.3, 0.4) is 0 Å². The predicted octanol–water partition coefficient (Wildman–Crippen LogP) is 2.08. The van der Waals surface area contributed by atoms with E-state index in [-0.39, 0.29) is 5.69 Å². The number of nitriles is 2. The van der Waals surface area contributed by atoms with E-state index in [1.807, 2.05) is 17.5 Å². The van der Waals surface area contributed by atoms with Gasteiger partial charge in [-0.05, 0) is 12.8 Å². The molecular formula is C12H11N5S. The van der Waals surface area contributed by atoms with E-state index in [4.69, 9.17) is 10.5 Å². The molecule has 90 valence electrons. The molecule has 6 heteroatoms. The predicted molar refractivity (Wildman–Crippen MR) is 66.9 cm³/mol. The molecule has 0 unspecified atom stereocenters. The maximum absolute atomic E-state index is 9.01. The van der Waals surface area contributed by atoms with Crippen molar-refractivity contribution >= 4 is 11.3 Å². The minimum Gasteiger partial charge on any atom is -0.315 e. The van der Waals surface area contributed by atoms with Crippen LogP contribution in [0.5, 0.6) is 0 Å². The number of hydrogen-bond acceptors (Lipinski definition) is 5.